The van der Waals surface area contributed by atoms with Crippen molar-refractivity contribution in [3.8, 4) is 11.5 Å². The lowest BCUT2D eigenvalue weighted by atomic mass is 10.1. The molecule has 1 aliphatic rings. The summed E-state index contributed by atoms with van der Waals surface area (Å²) in [5.41, 5.74) is 1.87. The second kappa shape index (κ2) is 7.13. The first-order chi connectivity index (χ1) is 12.0. The van der Waals surface area contributed by atoms with E-state index in [2.05, 4.69) is 5.32 Å². The third kappa shape index (κ3) is 3.60. The molecular formula is C18H15ClN2O3S. The number of methoxy groups -OCH3 is 1. The van der Waals surface area contributed by atoms with Crippen LogP contribution in [0, 0.1) is 0 Å². The van der Waals surface area contributed by atoms with Crippen molar-refractivity contribution in [2.75, 3.05) is 7.11 Å². The molecule has 1 fully saturated rings. The summed E-state index contributed by atoms with van der Waals surface area (Å²) in [6.07, 6.45) is 1.66. The van der Waals surface area contributed by atoms with Crippen LogP contribution in [0.25, 0.3) is 6.08 Å². The number of hydrogen-bond acceptors (Lipinski definition) is 4. The van der Waals surface area contributed by atoms with Gasteiger partial charge < -0.3 is 15.2 Å². The standard InChI is InChI=1S/C18H15ClN2O3S/c1-24-16-9-11(6-7-15(16)22)8-14-17(23)21(18(25)20-14)10-12-4-2-3-5-13(12)19/h2-9,22H,10H2,1H3,(H,20,25). The van der Waals surface area contributed by atoms with Crippen LogP contribution in [0.3, 0.4) is 0 Å². The van der Waals surface area contributed by atoms with Gasteiger partial charge in [0.15, 0.2) is 16.6 Å². The van der Waals surface area contributed by atoms with Gasteiger partial charge in [-0.2, -0.15) is 0 Å². The number of ether oxygens (including phenoxy) is 1. The van der Waals surface area contributed by atoms with Crippen molar-refractivity contribution >= 4 is 40.9 Å². The van der Waals surface area contributed by atoms with E-state index in [1.165, 1.54) is 18.1 Å². The summed E-state index contributed by atoms with van der Waals surface area (Å²) in [5, 5.41) is 13.5. The minimum absolute atomic E-state index is 0.0335. The normalized spacial score (nSPS) is 15.6. The van der Waals surface area contributed by atoms with Crippen LogP contribution in [0.4, 0.5) is 0 Å². The molecule has 5 nitrogen and oxygen atoms in total. The molecule has 0 aromatic heterocycles. The Labute approximate surface area is 155 Å². The predicted octanol–water partition coefficient (Wildman–Crippen LogP) is 3.31. The largest absolute Gasteiger partial charge is 0.504 e. The molecule has 1 aliphatic heterocycles. The Morgan fingerprint density at radius 1 is 1.32 bits per heavy atom. The lowest BCUT2D eigenvalue weighted by molar-refractivity contribution is -0.122. The van der Waals surface area contributed by atoms with Crippen LogP contribution in [0.15, 0.2) is 48.2 Å². The number of hydrogen-bond donors (Lipinski definition) is 2. The first kappa shape index (κ1) is 17.3. The number of rotatable bonds is 4. The molecule has 128 valence electrons. The number of benzene rings is 2. The van der Waals surface area contributed by atoms with E-state index in [1.54, 1.807) is 24.3 Å². The van der Waals surface area contributed by atoms with E-state index < -0.39 is 0 Å². The first-order valence-electron chi connectivity index (χ1n) is 7.44. The van der Waals surface area contributed by atoms with E-state index in [0.717, 1.165) is 5.56 Å². The third-order valence-corrected chi connectivity index (χ3v) is 4.45. The molecule has 0 saturated carbocycles. The third-order valence-electron chi connectivity index (χ3n) is 3.76. The molecular weight excluding hydrogens is 360 g/mol. The number of aromatic hydroxyl groups is 1. The molecule has 0 aliphatic carbocycles. The summed E-state index contributed by atoms with van der Waals surface area (Å²) in [7, 11) is 1.46. The van der Waals surface area contributed by atoms with Crippen molar-refractivity contribution in [3.63, 3.8) is 0 Å². The molecule has 2 aromatic carbocycles. The van der Waals surface area contributed by atoms with Crippen molar-refractivity contribution in [2.24, 2.45) is 0 Å². The van der Waals surface area contributed by atoms with Crippen LogP contribution in [-0.2, 0) is 11.3 Å². The van der Waals surface area contributed by atoms with Crippen LogP contribution >= 0.6 is 23.8 Å². The molecule has 1 amide bonds. The molecule has 0 unspecified atom stereocenters. The molecule has 0 bridgehead atoms. The maximum Gasteiger partial charge on any atom is 0.276 e. The molecule has 2 aromatic rings. The maximum absolute atomic E-state index is 12.6. The highest BCUT2D eigenvalue weighted by Crippen LogP contribution is 2.28. The van der Waals surface area contributed by atoms with Crippen molar-refractivity contribution in [1.29, 1.82) is 0 Å². The molecule has 1 heterocycles. The van der Waals surface area contributed by atoms with Crippen LogP contribution in [0.5, 0.6) is 11.5 Å². The number of carbonyl (C=O) groups is 1. The highest BCUT2D eigenvalue weighted by atomic mass is 35.5. The van der Waals surface area contributed by atoms with Gasteiger partial charge in [-0.05, 0) is 47.6 Å². The molecule has 25 heavy (non-hydrogen) atoms. The van der Waals surface area contributed by atoms with E-state index >= 15 is 0 Å². The number of nitrogens with one attached hydrogen (secondary N) is 1. The summed E-state index contributed by atoms with van der Waals surface area (Å²) < 4.78 is 5.08. The Bertz CT molecular complexity index is 882. The number of carbonyl (C=O) groups excluding carboxylic acids is 1. The minimum atomic E-state index is -0.239. The zero-order chi connectivity index (χ0) is 18.0. The summed E-state index contributed by atoms with van der Waals surface area (Å²) in [5.74, 6) is 0.124. The van der Waals surface area contributed by atoms with Crippen molar-refractivity contribution in [2.45, 2.75) is 6.54 Å². The van der Waals surface area contributed by atoms with Gasteiger partial charge in [-0.15, -0.1) is 0 Å². The van der Waals surface area contributed by atoms with Crippen molar-refractivity contribution < 1.29 is 14.6 Å². The molecule has 7 heteroatoms. The number of phenols is 1. The Hall–Kier alpha value is -2.57. The maximum atomic E-state index is 12.6. The van der Waals surface area contributed by atoms with Gasteiger partial charge in [-0.3, -0.25) is 9.69 Å². The van der Waals surface area contributed by atoms with Gasteiger partial charge in [0.05, 0.1) is 13.7 Å². The summed E-state index contributed by atoms with van der Waals surface area (Å²) in [6.45, 7) is 0.292. The Kier molecular flexibility index (Phi) is 4.92. The molecule has 0 spiro atoms. The van der Waals surface area contributed by atoms with Gasteiger partial charge in [0, 0.05) is 5.02 Å². The summed E-state index contributed by atoms with van der Waals surface area (Å²) in [6, 6.07) is 12.1. The molecule has 3 rings (SSSR count). The smallest absolute Gasteiger partial charge is 0.276 e. The highest BCUT2D eigenvalue weighted by molar-refractivity contribution is 7.80. The van der Waals surface area contributed by atoms with E-state index in [-0.39, 0.29) is 11.7 Å². The Morgan fingerprint density at radius 3 is 2.80 bits per heavy atom. The Balaban J connectivity index is 1.85. The van der Waals surface area contributed by atoms with Gasteiger partial charge >= 0.3 is 0 Å². The minimum Gasteiger partial charge on any atom is -0.504 e. The molecule has 2 N–H and O–H groups in total. The van der Waals surface area contributed by atoms with Crippen LogP contribution in [-0.4, -0.2) is 28.1 Å². The quantitative estimate of drug-likeness (QED) is 0.635. The number of amides is 1. The van der Waals surface area contributed by atoms with Crippen molar-refractivity contribution in [1.82, 2.24) is 10.2 Å². The lowest BCUT2D eigenvalue weighted by Crippen LogP contribution is -2.30. The van der Waals surface area contributed by atoms with Crippen LogP contribution in [0.1, 0.15) is 11.1 Å². The fraction of sp³-hybridized carbons (Fsp3) is 0.111. The Morgan fingerprint density at radius 2 is 2.08 bits per heavy atom. The van der Waals surface area contributed by atoms with Crippen LogP contribution in [0.2, 0.25) is 5.02 Å². The van der Waals surface area contributed by atoms with Crippen LogP contribution < -0.4 is 10.1 Å². The average Bonchev–Trinajstić information content (AvgIpc) is 2.86. The van der Waals surface area contributed by atoms with E-state index in [1.807, 2.05) is 18.2 Å². The number of phenolic OH excluding ortho intramolecular Hbond substituents is 1. The zero-order valence-corrected chi connectivity index (χ0v) is 14.9. The highest BCUT2D eigenvalue weighted by Gasteiger charge is 2.31. The number of nitrogens with zero attached hydrogens (tertiary/aromatic N) is 1. The van der Waals surface area contributed by atoms with Gasteiger partial charge in [0.2, 0.25) is 0 Å². The van der Waals surface area contributed by atoms with E-state index in [4.69, 9.17) is 28.6 Å². The van der Waals surface area contributed by atoms with E-state index in [9.17, 15) is 9.90 Å². The van der Waals surface area contributed by atoms with Gasteiger partial charge in [0.25, 0.3) is 5.91 Å². The average molecular weight is 375 g/mol. The molecule has 1 saturated heterocycles. The first-order valence-corrected chi connectivity index (χ1v) is 8.23. The monoisotopic (exact) mass is 374 g/mol. The van der Waals surface area contributed by atoms with Gasteiger partial charge in [0.1, 0.15) is 5.70 Å². The predicted molar refractivity (Wildman–Crippen MR) is 100 cm³/mol. The fourth-order valence-electron chi connectivity index (χ4n) is 2.46. The van der Waals surface area contributed by atoms with Gasteiger partial charge in [-0.25, -0.2) is 0 Å². The van der Waals surface area contributed by atoms with E-state index in [0.29, 0.717) is 33.7 Å². The second-order valence-electron chi connectivity index (χ2n) is 5.40. The zero-order valence-electron chi connectivity index (χ0n) is 13.3. The molecule has 0 radical (unpaired) electrons. The fourth-order valence-corrected chi connectivity index (χ4v) is 2.92. The summed E-state index contributed by atoms with van der Waals surface area (Å²) in [4.78, 5) is 14.1. The number of thiocarbonyl (C=S) groups is 1. The number of halogens is 1. The summed E-state index contributed by atoms with van der Waals surface area (Å²) >= 11 is 11.4. The second-order valence-corrected chi connectivity index (χ2v) is 6.20. The SMILES string of the molecule is COc1cc(C=C2NC(=S)N(Cc3ccccc3Cl)C2=O)ccc1O. The molecule has 0 atom stereocenters. The topological polar surface area (TPSA) is 61.8 Å². The van der Waals surface area contributed by atoms with Gasteiger partial charge in [-0.1, -0.05) is 35.9 Å². The van der Waals surface area contributed by atoms with Crippen molar-refractivity contribution in [3.05, 3.63) is 64.3 Å². The lowest BCUT2D eigenvalue weighted by Gasteiger charge is -2.14.